The number of nitrogens with zero attached hydrogens (tertiary/aromatic N) is 1. The summed E-state index contributed by atoms with van der Waals surface area (Å²) in [6, 6.07) is 7.84. The second kappa shape index (κ2) is 8.00. The van der Waals surface area contributed by atoms with Crippen molar-refractivity contribution in [2.24, 2.45) is 0 Å². The molecule has 0 fully saturated rings. The molecule has 1 aromatic carbocycles. The molecule has 3 rings (SSSR count). The third-order valence-electron chi connectivity index (χ3n) is 4.67. The third kappa shape index (κ3) is 3.71. The standard InChI is InChI=1S/C20H26N2O2S/c1-3-11-22-16-9-6-10-17(23)18(16)19(21-20(22)25)14-7-5-8-15(13-14)24-12-4-2/h5,7-8,13,19H,3-4,6,9-12H2,1-2H3,(H,21,25). The number of carbonyl (C=O) groups excluding carboxylic acids is 1. The number of carbonyl (C=O) groups is 1. The fourth-order valence-corrected chi connectivity index (χ4v) is 3.88. The van der Waals surface area contributed by atoms with Gasteiger partial charge in [-0.15, -0.1) is 0 Å². The van der Waals surface area contributed by atoms with E-state index in [0.29, 0.717) is 13.0 Å². The fraction of sp³-hybridized carbons (Fsp3) is 0.500. The van der Waals surface area contributed by atoms with Gasteiger partial charge in [-0.05, 0) is 55.6 Å². The summed E-state index contributed by atoms with van der Waals surface area (Å²) in [5.41, 5.74) is 3.04. The number of Topliss-reactive ketones (excluding diaryl/α,β-unsaturated/α-hetero) is 1. The van der Waals surface area contributed by atoms with E-state index in [4.69, 9.17) is 17.0 Å². The number of hydrogen-bond acceptors (Lipinski definition) is 3. The molecule has 2 aliphatic rings. The summed E-state index contributed by atoms with van der Waals surface area (Å²) in [5, 5.41) is 4.13. The lowest BCUT2D eigenvalue weighted by molar-refractivity contribution is -0.116. The number of nitrogens with one attached hydrogen (secondary N) is 1. The molecule has 0 bridgehead atoms. The number of hydrogen-bond donors (Lipinski definition) is 1. The van der Waals surface area contributed by atoms with E-state index >= 15 is 0 Å². The molecule has 5 heteroatoms. The lowest BCUT2D eigenvalue weighted by Gasteiger charge is -2.41. The molecular formula is C20H26N2O2S. The van der Waals surface area contributed by atoms with Crippen molar-refractivity contribution in [3.8, 4) is 5.75 Å². The first-order chi connectivity index (χ1) is 12.2. The Bertz CT molecular complexity index is 699. The molecule has 0 aromatic heterocycles. The smallest absolute Gasteiger partial charge is 0.173 e. The Morgan fingerprint density at radius 1 is 1.28 bits per heavy atom. The van der Waals surface area contributed by atoms with E-state index in [-0.39, 0.29) is 11.8 Å². The van der Waals surface area contributed by atoms with E-state index in [1.807, 2.05) is 24.3 Å². The molecule has 134 valence electrons. The Labute approximate surface area is 155 Å². The maximum absolute atomic E-state index is 12.7. The first kappa shape index (κ1) is 17.9. The van der Waals surface area contributed by atoms with Crippen LogP contribution in [-0.2, 0) is 4.79 Å². The fourth-order valence-electron chi connectivity index (χ4n) is 3.56. The maximum Gasteiger partial charge on any atom is 0.173 e. The molecule has 1 aromatic rings. The summed E-state index contributed by atoms with van der Waals surface area (Å²) in [6.45, 7) is 5.76. The molecule has 1 heterocycles. The van der Waals surface area contributed by atoms with Gasteiger partial charge in [-0.1, -0.05) is 26.0 Å². The quantitative estimate of drug-likeness (QED) is 0.775. The van der Waals surface area contributed by atoms with E-state index in [1.54, 1.807) is 0 Å². The van der Waals surface area contributed by atoms with Gasteiger partial charge in [0, 0.05) is 24.2 Å². The van der Waals surface area contributed by atoms with Crippen LogP contribution in [0.3, 0.4) is 0 Å². The topological polar surface area (TPSA) is 41.6 Å². The van der Waals surface area contributed by atoms with E-state index in [9.17, 15) is 4.79 Å². The van der Waals surface area contributed by atoms with Gasteiger partial charge >= 0.3 is 0 Å². The Hall–Kier alpha value is -1.88. The van der Waals surface area contributed by atoms with Crippen LogP contribution in [0.4, 0.5) is 0 Å². The summed E-state index contributed by atoms with van der Waals surface area (Å²) in [5.74, 6) is 1.08. The SMILES string of the molecule is CCCOc1cccc(C2NC(=S)N(CCC)C3=C2C(=O)CCC3)c1. The van der Waals surface area contributed by atoms with Gasteiger partial charge in [0.25, 0.3) is 0 Å². The molecule has 1 aliphatic carbocycles. The molecule has 0 saturated heterocycles. The highest BCUT2D eigenvalue weighted by Crippen LogP contribution is 2.38. The molecule has 25 heavy (non-hydrogen) atoms. The Kier molecular flexibility index (Phi) is 5.74. The van der Waals surface area contributed by atoms with Gasteiger partial charge in [0.05, 0.1) is 12.6 Å². The molecule has 0 saturated carbocycles. The minimum atomic E-state index is -0.173. The highest BCUT2D eigenvalue weighted by molar-refractivity contribution is 7.80. The highest BCUT2D eigenvalue weighted by Gasteiger charge is 2.36. The molecule has 0 amide bonds. The predicted molar refractivity (Wildman–Crippen MR) is 104 cm³/mol. The van der Waals surface area contributed by atoms with E-state index in [2.05, 4.69) is 24.1 Å². The minimum Gasteiger partial charge on any atom is -0.494 e. The lowest BCUT2D eigenvalue weighted by Crippen LogP contribution is -2.49. The first-order valence-corrected chi connectivity index (χ1v) is 9.63. The van der Waals surface area contributed by atoms with Crippen LogP contribution in [0.15, 0.2) is 35.5 Å². The van der Waals surface area contributed by atoms with E-state index in [0.717, 1.165) is 59.9 Å². The van der Waals surface area contributed by atoms with Crippen molar-refractivity contribution in [3.63, 3.8) is 0 Å². The zero-order valence-electron chi connectivity index (χ0n) is 15.0. The number of ether oxygens (including phenoxy) is 1. The van der Waals surface area contributed by atoms with Crippen molar-refractivity contribution < 1.29 is 9.53 Å². The Morgan fingerprint density at radius 3 is 2.88 bits per heavy atom. The molecule has 0 radical (unpaired) electrons. The van der Waals surface area contributed by atoms with Gasteiger partial charge in [0.2, 0.25) is 0 Å². The van der Waals surface area contributed by atoms with Crippen LogP contribution in [0.5, 0.6) is 5.75 Å². The van der Waals surface area contributed by atoms with E-state index < -0.39 is 0 Å². The van der Waals surface area contributed by atoms with Crippen LogP contribution < -0.4 is 10.1 Å². The molecule has 1 unspecified atom stereocenters. The number of thiocarbonyl (C=S) groups is 1. The number of ketones is 1. The van der Waals surface area contributed by atoms with Crippen molar-refractivity contribution in [1.82, 2.24) is 10.2 Å². The average molecular weight is 359 g/mol. The zero-order chi connectivity index (χ0) is 17.8. The highest BCUT2D eigenvalue weighted by atomic mass is 32.1. The van der Waals surface area contributed by atoms with Crippen LogP contribution in [0.2, 0.25) is 0 Å². The van der Waals surface area contributed by atoms with Gasteiger partial charge < -0.3 is 15.0 Å². The zero-order valence-corrected chi connectivity index (χ0v) is 15.8. The van der Waals surface area contributed by atoms with Gasteiger partial charge in [-0.2, -0.15) is 0 Å². The summed E-state index contributed by atoms with van der Waals surface area (Å²) < 4.78 is 5.76. The Balaban J connectivity index is 1.99. The molecule has 1 N–H and O–H groups in total. The van der Waals surface area contributed by atoms with Crippen LogP contribution in [-0.4, -0.2) is 28.9 Å². The van der Waals surface area contributed by atoms with Crippen LogP contribution in [0.1, 0.15) is 57.6 Å². The van der Waals surface area contributed by atoms with Crippen molar-refractivity contribution in [2.45, 2.75) is 52.0 Å². The summed E-state index contributed by atoms with van der Waals surface area (Å²) >= 11 is 5.62. The molecule has 4 nitrogen and oxygen atoms in total. The molecular weight excluding hydrogens is 332 g/mol. The third-order valence-corrected chi connectivity index (χ3v) is 5.01. The minimum absolute atomic E-state index is 0.173. The largest absolute Gasteiger partial charge is 0.494 e. The van der Waals surface area contributed by atoms with Gasteiger partial charge in [-0.3, -0.25) is 4.79 Å². The molecule has 1 atom stereocenters. The summed E-state index contributed by atoms with van der Waals surface area (Å²) in [7, 11) is 0. The normalized spacial score (nSPS) is 20.4. The summed E-state index contributed by atoms with van der Waals surface area (Å²) in [6.07, 6.45) is 4.42. The van der Waals surface area contributed by atoms with E-state index in [1.165, 1.54) is 0 Å². The second-order valence-corrected chi connectivity index (χ2v) is 6.98. The lowest BCUT2D eigenvalue weighted by atomic mass is 9.84. The van der Waals surface area contributed by atoms with Crippen LogP contribution in [0, 0.1) is 0 Å². The van der Waals surface area contributed by atoms with Crippen molar-refractivity contribution in [2.75, 3.05) is 13.2 Å². The van der Waals surface area contributed by atoms with Gasteiger partial charge in [-0.25, -0.2) is 0 Å². The number of allylic oxidation sites excluding steroid dienone is 1. The van der Waals surface area contributed by atoms with Gasteiger partial charge in [0.15, 0.2) is 10.9 Å². The van der Waals surface area contributed by atoms with Crippen LogP contribution in [0.25, 0.3) is 0 Å². The average Bonchev–Trinajstić information content (AvgIpc) is 2.62. The van der Waals surface area contributed by atoms with Crippen molar-refractivity contribution >= 4 is 23.1 Å². The first-order valence-electron chi connectivity index (χ1n) is 9.22. The number of benzene rings is 1. The predicted octanol–water partition coefficient (Wildman–Crippen LogP) is 4.12. The molecule has 1 aliphatic heterocycles. The van der Waals surface area contributed by atoms with Crippen molar-refractivity contribution in [3.05, 3.63) is 41.1 Å². The van der Waals surface area contributed by atoms with Gasteiger partial charge in [0.1, 0.15) is 5.75 Å². The maximum atomic E-state index is 12.7. The number of rotatable bonds is 6. The monoisotopic (exact) mass is 358 g/mol. The van der Waals surface area contributed by atoms with Crippen molar-refractivity contribution in [1.29, 1.82) is 0 Å². The summed E-state index contributed by atoms with van der Waals surface area (Å²) in [4.78, 5) is 14.8. The second-order valence-electron chi connectivity index (χ2n) is 6.59. The molecule has 0 spiro atoms. The Morgan fingerprint density at radius 2 is 2.12 bits per heavy atom. The van der Waals surface area contributed by atoms with Crippen LogP contribution >= 0.6 is 12.2 Å².